The molecule has 0 spiro atoms. The minimum Gasteiger partial charge on any atom is -0.273 e. The standard InChI is InChI=1S/C20H24ClN5O2S/c1-10-5-6-14-15(9-10)29-19-17(14)20(28)26(13(4)22-19)24-16(27)7-8-25-12(3)18(21)11(2)23-25/h10H,5-9H2,1-4H3,(H,24,27)/t10-/m1/s1. The van der Waals surface area contributed by atoms with E-state index in [1.807, 2.05) is 13.8 Å². The van der Waals surface area contributed by atoms with E-state index in [1.54, 1.807) is 22.9 Å². The van der Waals surface area contributed by atoms with Gasteiger partial charge in [0.25, 0.3) is 5.56 Å². The van der Waals surface area contributed by atoms with Crippen molar-refractivity contribution in [3.8, 4) is 0 Å². The summed E-state index contributed by atoms with van der Waals surface area (Å²) in [5.41, 5.74) is 5.20. The zero-order valence-corrected chi connectivity index (χ0v) is 18.6. The lowest BCUT2D eigenvalue weighted by molar-refractivity contribution is -0.117. The smallest absolute Gasteiger partial charge is 0.273 e. The second kappa shape index (κ2) is 7.57. The van der Waals surface area contributed by atoms with E-state index in [0.717, 1.165) is 41.0 Å². The Bertz CT molecular complexity index is 1180. The number of aryl methyl sites for hydroxylation is 4. The number of fused-ring (bicyclic) bond motifs is 3. The topological polar surface area (TPSA) is 81.8 Å². The van der Waals surface area contributed by atoms with Gasteiger partial charge in [-0.1, -0.05) is 18.5 Å². The molecule has 1 atom stereocenters. The molecular weight excluding hydrogens is 410 g/mol. The lowest BCUT2D eigenvalue weighted by Gasteiger charge is -2.17. The van der Waals surface area contributed by atoms with Crippen LogP contribution in [0.5, 0.6) is 0 Å². The van der Waals surface area contributed by atoms with Gasteiger partial charge < -0.3 is 0 Å². The Morgan fingerprint density at radius 2 is 2.10 bits per heavy atom. The highest BCUT2D eigenvalue weighted by Crippen LogP contribution is 2.35. The Labute approximate surface area is 177 Å². The maximum atomic E-state index is 13.2. The monoisotopic (exact) mass is 433 g/mol. The summed E-state index contributed by atoms with van der Waals surface area (Å²) in [5, 5.41) is 5.61. The third-order valence-corrected chi connectivity index (χ3v) is 7.27. The summed E-state index contributed by atoms with van der Waals surface area (Å²) in [7, 11) is 0. The molecule has 4 rings (SSSR count). The zero-order valence-electron chi connectivity index (χ0n) is 17.0. The summed E-state index contributed by atoms with van der Waals surface area (Å²) in [4.78, 5) is 32.3. The van der Waals surface area contributed by atoms with E-state index in [4.69, 9.17) is 11.6 Å². The van der Waals surface area contributed by atoms with Gasteiger partial charge in [-0.25, -0.2) is 9.66 Å². The molecule has 0 saturated carbocycles. The van der Waals surface area contributed by atoms with Crippen LogP contribution in [0.2, 0.25) is 5.02 Å². The first-order valence-corrected chi connectivity index (χ1v) is 11.0. The van der Waals surface area contributed by atoms with Crippen molar-refractivity contribution in [1.82, 2.24) is 19.4 Å². The highest BCUT2D eigenvalue weighted by Gasteiger charge is 2.24. The number of amides is 1. The van der Waals surface area contributed by atoms with Gasteiger partial charge in [0, 0.05) is 11.3 Å². The lowest BCUT2D eigenvalue weighted by Crippen LogP contribution is -2.36. The van der Waals surface area contributed by atoms with E-state index in [0.29, 0.717) is 28.7 Å². The number of hydrogen-bond acceptors (Lipinski definition) is 5. The molecule has 0 bridgehead atoms. The highest BCUT2D eigenvalue weighted by atomic mass is 35.5. The van der Waals surface area contributed by atoms with Crippen LogP contribution < -0.4 is 11.0 Å². The summed E-state index contributed by atoms with van der Waals surface area (Å²) in [6, 6.07) is 0. The fourth-order valence-electron chi connectivity index (χ4n) is 3.90. The van der Waals surface area contributed by atoms with E-state index in [1.165, 1.54) is 9.55 Å². The summed E-state index contributed by atoms with van der Waals surface area (Å²) < 4.78 is 2.99. The molecule has 1 N–H and O–H groups in total. The van der Waals surface area contributed by atoms with Gasteiger partial charge in [-0.15, -0.1) is 11.3 Å². The van der Waals surface area contributed by atoms with Gasteiger partial charge in [0.15, 0.2) is 0 Å². The Balaban J connectivity index is 1.58. The van der Waals surface area contributed by atoms with E-state index in [2.05, 4.69) is 22.4 Å². The van der Waals surface area contributed by atoms with Crippen molar-refractivity contribution in [3.63, 3.8) is 0 Å². The molecule has 1 aliphatic rings. The Morgan fingerprint density at radius 3 is 2.79 bits per heavy atom. The average molecular weight is 434 g/mol. The second-order valence-corrected chi connectivity index (χ2v) is 9.29. The van der Waals surface area contributed by atoms with Crippen LogP contribution in [-0.4, -0.2) is 25.3 Å². The molecular formula is C20H24ClN5O2S. The summed E-state index contributed by atoms with van der Waals surface area (Å²) in [6.07, 6.45) is 3.14. The van der Waals surface area contributed by atoms with Crippen LogP contribution in [0, 0.1) is 26.7 Å². The molecule has 154 valence electrons. The van der Waals surface area contributed by atoms with Crippen molar-refractivity contribution in [3.05, 3.63) is 43.0 Å². The largest absolute Gasteiger partial charge is 0.281 e. The van der Waals surface area contributed by atoms with Gasteiger partial charge in [-0.3, -0.25) is 19.7 Å². The molecule has 0 aromatic carbocycles. The average Bonchev–Trinajstić information content (AvgIpc) is 3.14. The number of aromatic nitrogens is 4. The van der Waals surface area contributed by atoms with Crippen LogP contribution >= 0.6 is 22.9 Å². The summed E-state index contributed by atoms with van der Waals surface area (Å²) in [5.74, 6) is 0.843. The fraction of sp³-hybridized carbons (Fsp3) is 0.500. The first-order chi connectivity index (χ1) is 13.8. The van der Waals surface area contributed by atoms with Gasteiger partial charge in [-0.05, 0) is 51.5 Å². The normalized spacial score (nSPS) is 16.2. The Hall–Kier alpha value is -2.19. The maximum Gasteiger partial charge on any atom is 0.281 e. The van der Waals surface area contributed by atoms with Crippen molar-refractivity contribution < 1.29 is 4.79 Å². The molecule has 0 aliphatic heterocycles. The van der Waals surface area contributed by atoms with E-state index < -0.39 is 0 Å². The number of hydrogen-bond donors (Lipinski definition) is 1. The molecule has 1 amide bonds. The molecule has 1 aliphatic carbocycles. The number of thiophene rings is 1. The van der Waals surface area contributed by atoms with Gasteiger partial charge in [0.05, 0.1) is 28.3 Å². The molecule has 3 heterocycles. The van der Waals surface area contributed by atoms with Crippen LogP contribution in [0.4, 0.5) is 0 Å². The van der Waals surface area contributed by atoms with Crippen LogP contribution in [-0.2, 0) is 24.2 Å². The number of halogens is 1. The van der Waals surface area contributed by atoms with Gasteiger partial charge in [0.1, 0.15) is 10.7 Å². The predicted octanol–water partition coefficient (Wildman–Crippen LogP) is 3.52. The van der Waals surface area contributed by atoms with Crippen molar-refractivity contribution >= 4 is 39.1 Å². The SMILES string of the molecule is Cc1nn(CCC(=O)Nn2c(C)nc3sc4c(c3c2=O)CC[C@@H](C)C4)c(C)c1Cl. The van der Waals surface area contributed by atoms with Gasteiger partial charge in [-0.2, -0.15) is 5.10 Å². The summed E-state index contributed by atoms with van der Waals surface area (Å²) >= 11 is 7.77. The van der Waals surface area contributed by atoms with Crippen molar-refractivity contribution in [2.24, 2.45) is 5.92 Å². The quantitative estimate of drug-likeness (QED) is 0.682. The molecule has 3 aromatic heterocycles. The van der Waals surface area contributed by atoms with Crippen LogP contribution in [0.3, 0.4) is 0 Å². The first-order valence-electron chi connectivity index (χ1n) is 9.79. The number of carbonyl (C=O) groups excluding carboxylic acids is 1. The fourth-order valence-corrected chi connectivity index (χ4v) is 5.46. The minimum absolute atomic E-state index is 0.182. The maximum absolute atomic E-state index is 13.2. The summed E-state index contributed by atoms with van der Waals surface area (Å²) in [6.45, 7) is 8.06. The Morgan fingerprint density at radius 1 is 1.34 bits per heavy atom. The first kappa shape index (κ1) is 20.1. The molecule has 29 heavy (non-hydrogen) atoms. The molecule has 3 aromatic rings. The van der Waals surface area contributed by atoms with E-state index in [-0.39, 0.29) is 17.9 Å². The van der Waals surface area contributed by atoms with Crippen LogP contribution in [0.1, 0.15) is 47.4 Å². The van der Waals surface area contributed by atoms with Crippen LogP contribution in [0.25, 0.3) is 10.2 Å². The van der Waals surface area contributed by atoms with Crippen molar-refractivity contribution in [2.45, 2.75) is 59.9 Å². The third kappa shape index (κ3) is 3.59. The molecule has 7 nitrogen and oxygen atoms in total. The molecule has 0 saturated heterocycles. The lowest BCUT2D eigenvalue weighted by atomic mass is 9.89. The van der Waals surface area contributed by atoms with E-state index in [9.17, 15) is 9.59 Å². The van der Waals surface area contributed by atoms with Crippen molar-refractivity contribution in [2.75, 3.05) is 5.43 Å². The van der Waals surface area contributed by atoms with E-state index >= 15 is 0 Å². The van der Waals surface area contributed by atoms with Gasteiger partial charge in [0.2, 0.25) is 5.91 Å². The molecule has 0 fully saturated rings. The number of rotatable bonds is 4. The minimum atomic E-state index is -0.266. The molecule has 9 heteroatoms. The number of nitrogens with one attached hydrogen (secondary N) is 1. The molecule has 0 unspecified atom stereocenters. The third-order valence-electron chi connectivity index (χ3n) is 5.58. The van der Waals surface area contributed by atoms with Crippen LogP contribution in [0.15, 0.2) is 4.79 Å². The predicted molar refractivity (Wildman–Crippen MR) is 116 cm³/mol. The molecule has 0 radical (unpaired) electrons. The second-order valence-electron chi connectivity index (χ2n) is 7.82. The Kier molecular flexibility index (Phi) is 5.25. The zero-order chi connectivity index (χ0) is 20.9. The van der Waals surface area contributed by atoms with Crippen molar-refractivity contribution in [1.29, 1.82) is 0 Å². The highest BCUT2D eigenvalue weighted by molar-refractivity contribution is 7.18. The number of nitrogens with zero attached hydrogens (tertiary/aromatic N) is 4. The van der Waals surface area contributed by atoms with Gasteiger partial charge >= 0.3 is 0 Å². The number of carbonyl (C=O) groups is 1.